The lowest BCUT2D eigenvalue weighted by Gasteiger charge is -1.97. The molecule has 0 spiro atoms. The molecule has 0 N–H and O–H groups in total. The van der Waals surface area contributed by atoms with Gasteiger partial charge in [-0.3, -0.25) is 0 Å². The van der Waals surface area contributed by atoms with E-state index in [1.807, 2.05) is 19.1 Å². The lowest BCUT2D eigenvalue weighted by atomic mass is 10.0. The summed E-state index contributed by atoms with van der Waals surface area (Å²) in [5, 5.41) is 3.57. The second-order valence-electron chi connectivity index (χ2n) is 4.28. The van der Waals surface area contributed by atoms with Gasteiger partial charge in [-0.05, 0) is 35.9 Å². The first-order valence-electron chi connectivity index (χ1n) is 6.04. The molecule has 0 aliphatic heterocycles. The zero-order valence-electron chi connectivity index (χ0n) is 10.3. The Morgan fingerprint density at radius 1 is 1.11 bits per heavy atom. The summed E-state index contributed by atoms with van der Waals surface area (Å²) >= 11 is 0. The van der Waals surface area contributed by atoms with Crippen molar-refractivity contribution in [2.45, 2.75) is 6.92 Å². The SMILES string of the molecule is C=Cc1oc2cc3ccccc3cc2c1/C=C\C. The maximum atomic E-state index is 5.84. The van der Waals surface area contributed by atoms with Crippen molar-refractivity contribution in [3.63, 3.8) is 0 Å². The van der Waals surface area contributed by atoms with Crippen molar-refractivity contribution in [3.05, 3.63) is 60.4 Å². The number of benzene rings is 2. The molecule has 3 aromatic rings. The summed E-state index contributed by atoms with van der Waals surface area (Å²) in [6, 6.07) is 12.6. The van der Waals surface area contributed by atoms with Crippen molar-refractivity contribution in [2.75, 3.05) is 0 Å². The van der Waals surface area contributed by atoms with E-state index in [9.17, 15) is 0 Å². The quantitative estimate of drug-likeness (QED) is 0.589. The van der Waals surface area contributed by atoms with Crippen LogP contribution in [0, 0.1) is 0 Å². The smallest absolute Gasteiger partial charge is 0.136 e. The van der Waals surface area contributed by atoms with Gasteiger partial charge in [-0.2, -0.15) is 0 Å². The van der Waals surface area contributed by atoms with Crippen molar-refractivity contribution in [2.24, 2.45) is 0 Å². The molecular formula is C17H14O. The van der Waals surface area contributed by atoms with E-state index >= 15 is 0 Å². The Bertz CT molecular complexity index is 760. The average molecular weight is 234 g/mol. The topological polar surface area (TPSA) is 13.1 Å². The summed E-state index contributed by atoms with van der Waals surface area (Å²) in [6.07, 6.45) is 5.85. The Labute approximate surface area is 106 Å². The monoisotopic (exact) mass is 234 g/mol. The Balaban J connectivity index is 2.44. The third-order valence-electron chi connectivity index (χ3n) is 3.14. The third kappa shape index (κ3) is 1.56. The van der Waals surface area contributed by atoms with E-state index in [2.05, 4.69) is 43.0 Å². The van der Waals surface area contributed by atoms with Crippen LogP contribution in [0.4, 0.5) is 0 Å². The van der Waals surface area contributed by atoms with Crippen LogP contribution in [0.1, 0.15) is 18.2 Å². The highest BCUT2D eigenvalue weighted by molar-refractivity contribution is 6.01. The number of hydrogen-bond donors (Lipinski definition) is 0. The molecule has 1 nitrogen and oxygen atoms in total. The van der Waals surface area contributed by atoms with Crippen LogP contribution < -0.4 is 0 Å². The van der Waals surface area contributed by atoms with Crippen LogP contribution in [0.25, 0.3) is 33.9 Å². The maximum absolute atomic E-state index is 5.84. The molecule has 0 atom stereocenters. The summed E-state index contributed by atoms with van der Waals surface area (Å²) < 4.78 is 5.84. The zero-order valence-corrected chi connectivity index (χ0v) is 10.3. The van der Waals surface area contributed by atoms with Gasteiger partial charge in [0.1, 0.15) is 11.3 Å². The number of hydrogen-bond acceptors (Lipinski definition) is 1. The van der Waals surface area contributed by atoms with Gasteiger partial charge in [-0.25, -0.2) is 0 Å². The van der Waals surface area contributed by atoms with Gasteiger partial charge < -0.3 is 4.42 Å². The Hall–Kier alpha value is -2.28. The van der Waals surface area contributed by atoms with E-state index in [-0.39, 0.29) is 0 Å². The predicted octanol–water partition coefficient (Wildman–Crippen LogP) is 5.26. The van der Waals surface area contributed by atoms with Crippen LogP contribution in [0.15, 0.2) is 53.5 Å². The van der Waals surface area contributed by atoms with Gasteiger partial charge in [0.2, 0.25) is 0 Å². The molecule has 1 heterocycles. The minimum absolute atomic E-state index is 0.832. The minimum atomic E-state index is 0.832. The van der Waals surface area contributed by atoms with Gasteiger partial charge in [0.15, 0.2) is 0 Å². The molecule has 0 bridgehead atoms. The van der Waals surface area contributed by atoms with Crippen LogP contribution in [0.2, 0.25) is 0 Å². The van der Waals surface area contributed by atoms with Crippen LogP contribution in [0.3, 0.4) is 0 Å². The average Bonchev–Trinajstić information content (AvgIpc) is 2.74. The predicted molar refractivity (Wildman–Crippen MR) is 78.5 cm³/mol. The molecule has 0 amide bonds. The highest BCUT2D eigenvalue weighted by Gasteiger charge is 2.10. The van der Waals surface area contributed by atoms with Gasteiger partial charge in [-0.15, -0.1) is 0 Å². The van der Waals surface area contributed by atoms with Crippen molar-refractivity contribution in [1.82, 2.24) is 0 Å². The molecule has 1 heteroatoms. The zero-order chi connectivity index (χ0) is 12.5. The summed E-state index contributed by atoms with van der Waals surface area (Å²) in [4.78, 5) is 0. The van der Waals surface area contributed by atoms with Gasteiger partial charge in [-0.1, -0.05) is 43.0 Å². The Morgan fingerprint density at radius 2 is 1.83 bits per heavy atom. The van der Waals surface area contributed by atoms with E-state index in [1.54, 1.807) is 6.08 Å². The first kappa shape index (κ1) is 10.8. The summed E-state index contributed by atoms with van der Waals surface area (Å²) in [6.45, 7) is 5.82. The van der Waals surface area contributed by atoms with Crippen LogP contribution in [-0.4, -0.2) is 0 Å². The molecule has 1 aromatic heterocycles. The number of allylic oxidation sites excluding steroid dienone is 1. The highest BCUT2D eigenvalue weighted by atomic mass is 16.3. The lowest BCUT2D eigenvalue weighted by molar-refractivity contribution is 0.604. The van der Waals surface area contributed by atoms with E-state index in [0.717, 1.165) is 22.3 Å². The second kappa shape index (κ2) is 4.19. The van der Waals surface area contributed by atoms with Crippen molar-refractivity contribution >= 4 is 33.9 Å². The molecule has 0 saturated heterocycles. The Morgan fingerprint density at radius 3 is 2.50 bits per heavy atom. The molecule has 18 heavy (non-hydrogen) atoms. The standard InChI is InChI=1S/C17H14O/c1-3-7-14-15-10-12-8-5-6-9-13(12)11-17(15)18-16(14)4-2/h3-11H,2H2,1H3/b7-3-. The van der Waals surface area contributed by atoms with Gasteiger partial charge in [0.25, 0.3) is 0 Å². The molecule has 0 aliphatic carbocycles. The molecule has 0 saturated carbocycles. The third-order valence-corrected chi connectivity index (χ3v) is 3.14. The summed E-state index contributed by atoms with van der Waals surface area (Å²) in [5.41, 5.74) is 2.02. The van der Waals surface area contributed by atoms with Crippen molar-refractivity contribution < 1.29 is 4.42 Å². The fraction of sp³-hybridized carbons (Fsp3) is 0.0588. The van der Waals surface area contributed by atoms with Crippen LogP contribution in [-0.2, 0) is 0 Å². The van der Waals surface area contributed by atoms with Gasteiger partial charge >= 0.3 is 0 Å². The summed E-state index contributed by atoms with van der Waals surface area (Å²) in [7, 11) is 0. The van der Waals surface area contributed by atoms with E-state index in [0.29, 0.717) is 0 Å². The first-order chi connectivity index (χ1) is 8.83. The number of rotatable bonds is 2. The van der Waals surface area contributed by atoms with E-state index < -0.39 is 0 Å². The maximum Gasteiger partial charge on any atom is 0.136 e. The van der Waals surface area contributed by atoms with Crippen LogP contribution in [0.5, 0.6) is 0 Å². The molecular weight excluding hydrogens is 220 g/mol. The Kier molecular flexibility index (Phi) is 2.52. The van der Waals surface area contributed by atoms with Crippen LogP contribution >= 0.6 is 0 Å². The number of fused-ring (bicyclic) bond motifs is 2. The molecule has 88 valence electrons. The first-order valence-corrected chi connectivity index (χ1v) is 6.04. The molecule has 2 aromatic carbocycles. The van der Waals surface area contributed by atoms with E-state index in [4.69, 9.17) is 4.42 Å². The van der Waals surface area contributed by atoms with Crippen molar-refractivity contribution in [1.29, 1.82) is 0 Å². The molecule has 0 radical (unpaired) electrons. The van der Waals surface area contributed by atoms with E-state index in [1.165, 1.54) is 10.8 Å². The van der Waals surface area contributed by atoms with Gasteiger partial charge in [0, 0.05) is 10.9 Å². The molecule has 3 rings (SSSR count). The normalized spacial score (nSPS) is 11.6. The highest BCUT2D eigenvalue weighted by Crippen LogP contribution is 2.31. The molecule has 0 unspecified atom stereocenters. The lowest BCUT2D eigenvalue weighted by Crippen LogP contribution is -1.74. The minimum Gasteiger partial charge on any atom is -0.456 e. The molecule has 0 fully saturated rings. The molecule has 0 aliphatic rings. The summed E-state index contributed by atoms with van der Waals surface area (Å²) in [5.74, 6) is 0.832. The fourth-order valence-corrected chi connectivity index (χ4v) is 2.31. The van der Waals surface area contributed by atoms with Crippen molar-refractivity contribution in [3.8, 4) is 0 Å². The van der Waals surface area contributed by atoms with Gasteiger partial charge in [0.05, 0.1) is 0 Å². The fourth-order valence-electron chi connectivity index (χ4n) is 2.31. The largest absolute Gasteiger partial charge is 0.456 e. The second-order valence-corrected chi connectivity index (χ2v) is 4.28. The number of furan rings is 1.